The first kappa shape index (κ1) is 15.2. The van der Waals surface area contributed by atoms with Crippen LogP contribution in [0, 0.1) is 0 Å². The van der Waals surface area contributed by atoms with Gasteiger partial charge in [-0.05, 0) is 44.5 Å². The van der Waals surface area contributed by atoms with Crippen LogP contribution in [-0.4, -0.2) is 24.3 Å². The van der Waals surface area contributed by atoms with Crippen molar-refractivity contribution in [3.63, 3.8) is 0 Å². The number of amides is 1. The van der Waals surface area contributed by atoms with Crippen LogP contribution in [0.1, 0.15) is 44.0 Å². The van der Waals surface area contributed by atoms with Crippen molar-refractivity contribution in [2.45, 2.75) is 39.7 Å². The zero-order valence-electron chi connectivity index (χ0n) is 11.7. The van der Waals surface area contributed by atoms with Crippen molar-refractivity contribution in [2.24, 2.45) is 0 Å². The normalized spacial score (nSPS) is 11.7. The third-order valence-electron chi connectivity index (χ3n) is 2.76. The smallest absolute Gasteiger partial charge is 0.258 e. The molecule has 104 valence electrons. The number of nitrogens with one attached hydrogen (secondary N) is 1. The standard InChI is InChI=1S/C15H21NO3/c1-4-5-11(2)16-15(18)10-19-14-8-6-13(7-9-14)12(3)17/h6-9,11H,4-5,10H2,1-3H3,(H,16,18). The molecular formula is C15H21NO3. The summed E-state index contributed by atoms with van der Waals surface area (Å²) < 4.78 is 5.36. The topological polar surface area (TPSA) is 55.4 Å². The van der Waals surface area contributed by atoms with Crippen molar-refractivity contribution in [1.29, 1.82) is 0 Å². The average molecular weight is 263 g/mol. The number of hydrogen-bond donors (Lipinski definition) is 1. The predicted molar refractivity (Wildman–Crippen MR) is 74.5 cm³/mol. The Hall–Kier alpha value is -1.84. The van der Waals surface area contributed by atoms with Gasteiger partial charge >= 0.3 is 0 Å². The zero-order valence-corrected chi connectivity index (χ0v) is 11.7. The highest BCUT2D eigenvalue weighted by molar-refractivity contribution is 5.94. The Bertz CT molecular complexity index is 426. The summed E-state index contributed by atoms with van der Waals surface area (Å²) in [6.07, 6.45) is 1.99. The summed E-state index contributed by atoms with van der Waals surface area (Å²) in [7, 11) is 0. The quantitative estimate of drug-likeness (QED) is 0.769. The maximum Gasteiger partial charge on any atom is 0.258 e. The second kappa shape index (κ2) is 7.56. The fourth-order valence-corrected chi connectivity index (χ4v) is 1.76. The van der Waals surface area contributed by atoms with Gasteiger partial charge in [-0.3, -0.25) is 9.59 Å². The summed E-state index contributed by atoms with van der Waals surface area (Å²) in [5.41, 5.74) is 0.633. The first-order valence-electron chi connectivity index (χ1n) is 6.56. The van der Waals surface area contributed by atoms with E-state index < -0.39 is 0 Å². The van der Waals surface area contributed by atoms with E-state index in [1.54, 1.807) is 24.3 Å². The van der Waals surface area contributed by atoms with Gasteiger partial charge in [-0.25, -0.2) is 0 Å². The SMILES string of the molecule is CCCC(C)NC(=O)COc1ccc(C(C)=O)cc1. The van der Waals surface area contributed by atoms with E-state index in [0.29, 0.717) is 11.3 Å². The molecule has 0 spiro atoms. The van der Waals surface area contributed by atoms with Gasteiger partial charge in [-0.2, -0.15) is 0 Å². The largest absolute Gasteiger partial charge is 0.484 e. The average Bonchev–Trinajstić information content (AvgIpc) is 2.37. The number of ketones is 1. The molecule has 4 heteroatoms. The molecule has 0 aromatic heterocycles. The van der Waals surface area contributed by atoms with Gasteiger partial charge in [0.05, 0.1) is 0 Å². The highest BCUT2D eigenvalue weighted by Crippen LogP contribution is 2.12. The van der Waals surface area contributed by atoms with E-state index in [-0.39, 0.29) is 24.3 Å². The van der Waals surface area contributed by atoms with Gasteiger partial charge in [-0.15, -0.1) is 0 Å². The Morgan fingerprint density at radius 2 is 1.89 bits per heavy atom. The maximum absolute atomic E-state index is 11.6. The summed E-state index contributed by atoms with van der Waals surface area (Å²) in [4.78, 5) is 22.7. The summed E-state index contributed by atoms with van der Waals surface area (Å²) in [6, 6.07) is 6.94. The van der Waals surface area contributed by atoms with E-state index in [1.165, 1.54) is 6.92 Å². The molecule has 1 aromatic rings. The highest BCUT2D eigenvalue weighted by Gasteiger charge is 2.07. The van der Waals surface area contributed by atoms with Crippen LogP contribution in [0.3, 0.4) is 0 Å². The summed E-state index contributed by atoms with van der Waals surface area (Å²) >= 11 is 0. The van der Waals surface area contributed by atoms with E-state index in [1.807, 2.05) is 6.92 Å². The number of rotatable bonds is 7. The molecule has 1 N–H and O–H groups in total. The van der Waals surface area contributed by atoms with E-state index in [0.717, 1.165) is 12.8 Å². The molecule has 4 nitrogen and oxygen atoms in total. The molecule has 1 unspecified atom stereocenters. The molecule has 0 aliphatic heterocycles. The zero-order chi connectivity index (χ0) is 14.3. The summed E-state index contributed by atoms with van der Waals surface area (Å²) in [6.45, 7) is 5.56. The fourth-order valence-electron chi connectivity index (χ4n) is 1.76. The van der Waals surface area contributed by atoms with Crippen molar-refractivity contribution in [3.05, 3.63) is 29.8 Å². The Labute approximate surface area is 114 Å². The maximum atomic E-state index is 11.6. The van der Waals surface area contributed by atoms with Crippen molar-refractivity contribution in [2.75, 3.05) is 6.61 Å². The fraction of sp³-hybridized carbons (Fsp3) is 0.467. The monoisotopic (exact) mass is 263 g/mol. The lowest BCUT2D eigenvalue weighted by Crippen LogP contribution is -2.35. The molecule has 1 aromatic carbocycles. The molecule has 0 aliphatic carbocycles. The van der Waals surface area contributed by atoms with Crippen LogP contribution < -0.4 is 10.1 Å². The molecule has 0 fully saturated rings. The van der Waals surface area contributed by atoms with Crippen molar-refractivity contribution < 1.29 is 14.3 Å². The molecule has 0 aliphatic rings. The van der Waals surface area contributed by atoms with Crippen LogP contribution >= 0.6 is 0 Å². The van der Waals surface area contributed by atoms with Crippen LogP contribution in [0.4, 0.5) is 0 Å². The molecule has 1 atom stereocenters. The molecule has 0 saturated heterocycles. The van der Waals surface area contributed by atoms with Gasteiger partial charge in [0, 0.05) is 11.6 Å². The van der Waals surface area contributed by atoms with Crippen molar-refractivity contribution >= 4 is 11.7 Å². The number of Topliss-reactive ketones (excluding diaryl/α,β-unsaturated/α-hetero) is 1. The molecular weight excluding hydrogens is 242 g/mol. The minimum atomic E-state index is -0.128. The van der Waals surface area contributed by atoms with E-state index in [2.05, 4.69) is 12.2 Å². The number of hydrogen-bond acceptors (Lipinski definition) is 3. The Morgan fingerprint density at radius 3 is 2.42 bits per heavy atom. The third-order valence-corrected chi connectivity index (χ3v) is 2.76. The van der Waals surface area contributed by atoms with Crippen molar-refractivity contribution in [3.8, 4) is 5.75 Å². The van der Waals surface area contributed by atoms with Gasteiger partial charge in [0.2, 0.25) is 0 Å². The van der Waals surface area contributed by atoms with E-state index in [9.17, 15) is 9.59 Å². The Morgan fingerprint density at radius 1 is 1.26 bits per heavy atom. The first-order valence-corrected chi connectivity index (χ1v) is 6.56. The number of benzene rings is 1. The third kappa shape index (κ3) is 5.55. The van der Waals surface area contributed by atoms with E-state index in [4.69, 9.17) is 4.74 Å². The molecule has 0 bridgehead atoms. The van der Waals surface area contributed by atoms with Crippen LogP contribution in [-0.2, 0) is 4.79 Å². The molecule has 0 saturated carbocycles. The van der Waals surface area contributed by atoms with Gasteiger partial charge in [0.15, 0.2) is 12.4 Å². The molecule has 1 rings (SSSR count). The molecule has 0 radical (unpaired) electrons. The lowest BCUT2D eigenvalue weighted by molar-refractivity contribution is -0.123. The predicted octanol–water partition coefficient (Wildman–Crippen LogP) is 2.57. The van der Waals surface area contributed by atoms with Gasteiger partial charge in [0.25, 0.3) is 5.91 Å². The minimum absolute atomic E-state index is 0.00648. The second-order valence-corrected chi connectivity index (χ2v) is 4.63. The van der Waals surface area contributed by atoms with E-state index >= 15 is 0 Å². The van der Waals surface area contributed by atoms with Crippen LogP contribution in [0.2, 0.25) is 0 Å². The van der Waals surface area contributed by atoms with Gasteiger partial charge in [-0.1, -0.05) is 13.3 Å². The number of carbonyl (C=O) groups is 2. The number of ether oxygens (including phenoxy) is 1. The Balaban J connectivity index is 2.39. The second-order valence-electron chi connectivity index (χ2n) is 4.63. The highest BCUT2D eigenvalue weighted by atomic mass is 16.5. The van der Waals surface area contributed by atoms with Crippen LogP contribution in [0.15, 0.2) is 24.3 Å². The van der Waals surface area contributed by atoms with Crippen molar-refractivity contribution in [1.82, 2.24) is 5.32 Å². The minimum Gasteiger partial charge on any atom is -0.484 e. The lowest BCUT2D eigenvalue weighted by Gasteiger charge is -2.13. The Kier molecular flexibility index (Phi) is 6.06. The molecule has 0 heterocycles. The molecule has 19 heavy (non-hydrogen) atoms. The van der Waals surface area contributed by atoms with Crippen LogP contribution in [0.5, 0.6) is 5.75 Å². The lowest BCUT2D eigenvalue weighted by atomic mass is 10.1. The summed E-state index contributed by atoms with van der Waals surface area (Å²) in [5.74, 6) is 0.470. The first-order chi connectivity index (χ1) is 9.02. The number of carbonyl (C=O) groups excluding carboxylic acids is 2. The summed E-state index contributed by atoms with van der Waals surface area (Å²) in [5, 5.41) is 2.86. The van der Waals surface area contributed by atoms with Gasteiger partial charge in [0.1, 0.15) is 5.75 Å². The van der Waals surface area contributed by atoms with Crippen LogP contribution in [0.25, 0.3) is 0 Å². The molecule has 1 amide bonds. The van der Waals surface area contributed by atoms with Gasteiger partial charge < -0.3 is 10.1 Å².